The summed E-state index contributed by atoms with van der Waals surface area (Å²) in [6, 6.07) is 70.4. The van der Waals surface area contributed by atoms with Crippen LogP contribution in [0.5, 0.6) is 0 Å². The van der Waals surface area contributed by atoms with Gasteiger partial charge in [-0.05, 0) is 106 Å². The molecule has 8 aromatic rings. The molecule has 0 aromatic heterocycles. The molecular weight excluding hydrogens is 605 g/mol. The molecule has 0 saturated heterocycles. The average molecular weight is 638 g/mol. The molecule has 2 aliphatic rings. The number of nitrogens with zero attached hydrogens (tertiary/aromatic N) is 3. The van der Waals surface area contributed by atoms with Gasteiger partial charge in [-0.3, -0.25) is 0 Å². The van der Waals surface area contributed by atoms with Crippen LogP contribution in [-0.2, 0) is 0 Å². The van der Waals surface area contributed by atoms with Crippen molar-refractivity contribution in [2.24, 2.45) is 0 Å². The first-order valence-corrected chi connectivity index (χ1v) is 17.2. The zero-order valence-corrected chi connectivity index (χ0v) is 27.4. The Hall–Kier alpha value is -6.52. The van der Waals surface area contributed by atoms with Crippen LogP contribution in [0.2, 0.25) is 0 Å². The monoisotopic (exact) mass is 637 g/mol. The van der Waals surface area contributed by atoms with Crippen LogP contribution in [0.1, 0.15) is 0 Å². The summed E-state index contributed by atoms with van der Waals surface area (Å²) in [6.45, 7) is 0.0353. The van der Waals surface area contributed by atoms with Gasteiger partial charge in [-0.2, -0.15) is 0 Å². The van der Waals surface area contributed by atoms with Gasteiger partial charge in [0.2, 0.25) is 0 Å². The molecule has 0 unspecified atom stereocenters. The van der Waals surface area contributed by atoms with Crippen molar-refractivity contribution in [1.29, 1.82) is 0 Å². The molecule has 50 heavy (non-hydrogen) atoms. The summed E-state index contributed by atoms with van der Waals surface area (Å²) in [5.74, 6) is 0. The number of anilines is 9. The molecule has 0 atom stereocenters. The van der Waals surface area contributed by atoms with E-state index in [0.717, 1.165) is 28.4 Å². The number of fused-ring (bicyclic) bond motifs is 6. The van der Waals surface area contributed by atoms with Gasteiger partial charge in [0, 0.05) is 51.2 Å². The van der Waals surface area contributed by atoms with Gasteiger partial charge in [0.1, 0.15) is 0 Å². The summed E-state index contributed by atoms with van der Waals surface area (Å²) in [5, 5.41) is 2.54. The fraction of sp³-hybridized carbons (Fsp3) is 0. The van der Waals surface area contributed by atoms with E-state index < -0.39 is 0 Å². The van der Waals surface area contributed by atoms with Crippen molar-refractivity contribution in [3.8, 4) is 0 Å². The van der Waals surface area contributed by atoms with Crippen LogP contribution in [0.15, 0.2) is 194 Å². The molecule has 0 bridgehead atoms. The molecular formula is C46H32BN3. The van der Waals surface area contributed by atoms with Crippen molar-refractivity contribution < 1.29 is 0 Å². The van der Waals surface area contributed by atoms with Crippen molar-refractivity contribution >= 4 is 85.1 Å². The van der Waals surface area contributed by atoms with Gasteiger partial charge in [-0.25, -0.2) is 0 Å². The van der Waals surface area contributed by atoms with E-state index in [1.54, 1.807) is 0 Å². The van der Waals surface area contributed by atoms with Crippen LogP contribution in [0.25, 0.3) is 10.8 Å². The minimum Gasteiger partial charge on any atom is -0.311 e. The van der Waals surface area contributed by atoms with Gasteiger partial charge < -0.3 is 14.7 Å². The van der Waals surface area contributed by atoms with Crippen molar-refractivity contribution in [1.82, 2.24) is 0 Å². The van der Waals surface area contributed by atoms with Gasteiger partial charge in [0.05, 0.1) is 0 Å². The first kappa shape index (κ1) is 28.5. The van der Waals surface area contributed by atoms with E-state index in [4.69, 9.17) is 0 Å². The van der Waals surface area contributed by atoms with E-state index in [1.807, 2.05) is 0 Å². The highest BCUT2D eigenvalue weighted by atomic mass is 15.2. The van der Waals surface area contributed by atoms with Gasteiger partial charge in [0.25, 0.3) is 6.71 Å². The Morgan fingerprint density at radius 2 is 0.880 bits per heavy atom. The largest absolute Gasteiger partial charge is 0.311 e. The maximum Gasteiger partial charge on any atom is 0.252 e. The quantitative estimate of drug-likeness (QED) is 0.174. The third-order valence-electron chi connectivity index (χ3n) is 10.2. The number of rotatable bonds is 5. The predicted molar refractivity (Wildman–Crippen MR) is 213 cm³/mol. The summed E-state index contributed by atoms with van der Waals surface area (Å²) in [5.41, 5.74) is 14.4. The normalized spacial score (nSPS) is 12.7. The molecule has 0 saturated carbocycles. The zero-order valence-electron chi connectivity index (χ0n) is 27.4. The maximum atomic E-state index is 2.47. The first-order chi connectivity index (χ1) is 24.8. The number of hydrogen-bond acceptors (Lipinski definition) is 3. The highest BCUT2D eigenvalue weighted by Gasteiger charge is 2.44. The van der Waals surface area contributed by atoms with Crippen molar-refractivity contribution in [2.45, 2.75) is 0 Å². The standard InChI is InChI=1S/C46H32BN3/c1-5-17-34(18-6-1)48(35-19-7-2-8-20-35)38-29-30-40-44(32-38)50(37-23-11-4-12-24-37)42-27-15-26-41-46(42)47(40)45-39-25-14-13-16-33(39)28-31-43(45)49(41)36-21-9-3-10-22-36/h1-32H. The third kappa shape index (κ3) is 4.39. The fourth-order valence-corrected chi connectivity index (χ4v) is 8.14. The SMILES string of the molecule is c1ccc(N(c2ccccc2)c2ccc3c(c2)N(c2ccccc2)c2cccc4c2B3c2c(ccc3ccccc23)N4c2ccccc2)cc1. The Kier molecular flexibility index (Phi) is 6.60. The van der Waals surface area contributed by atoms with Crippen molar-refractivity contribution in [3.05, 3.63) is 194 Å². The summed E-state index contributed by atoms with van der Waals surface area (Å²) in [7, 11) is 0. The lowest BCUT2D eigenvalue weighted by Crippen LogP contribution is -2.61. The van der Waals surface area contributed by atoms with E-state index >= 15 is 0 Å². The molecule has 0 spiro atoms. The van der Waals surface area contributed by atoms with Gasteiger partial charge >= 0.3 is 0 Å². The predicted octanol–water partition coefficient (Wildman–Crippen LogP) is 10.4. The topological polar surface area (TPSA) is 9.72 Å². The minimum atomic E-state index is 0.0353. The van der Waals surface area contributed by atoms with E-state index in [0.29, 0.717) is 0 Å². The second kappa shape index (κ2) is 11.6. The molecule has 2 heterocycles. The molecule has 8 aromatic carbocycles. The van der Waals surface area contributed by atoms with E-state index in [1.165, 1.54) is 49.9 Å². The Morgan fingerprint density at radius 1 is 0.360 bits per heavy atom. The number of hydrogen-bond donors (Lipinski definition) is 0. The second-order valence-corrected chi connectivity index (χ2v) is 13.0. The lowest BCUT2D eigenvalue weighted by atomic mass is 9.33. The zero-order chi connectivity index (χ0) is 33.0. The maximum absolute atomic E-state index is 2.47. The number of para-hydroxylation sites is 4. The lowest BCUT2D eigenvalue weighted by molar-refractivity contribution is 1.24. The average Bonchev–Trinajstić information content (AvgIpc) is 3.19. The smallest absolute Gasteiger partial charge is 0.252 e. The second-order valence-electron chi connectivity index (χ2n) is 13.0. The molecule has 0 fully saturated rings. The van der Waals surface area contributed by atoms with Crippen LogP contribution >= 0.6 is 0 Å². The molecule has 0 radical (unpaired) electrons. The van der Waals surface area contributed by atoms with Crippen LogP contribution in [-0.4, -0.2) is 6.71 Å². The highest BCUT2D eigenvalue weighted by Crippen LogP contribution is 2.46. The Labute approximate surface area is 293 Å². The first-order valence-electron chi connectivity index (χ1n) is 17.2. The van der Waals surface area contributed by atoms with Gasteiger partial charge in [0.15, 0.2) is 0 Å². The van der Waals surface area contributed by atoms with Gasteiger partial charge in [-0.1, -0.05) is 115 Å². The van der Waals surface area contributed by atoms with Crippen LogP contribution in [0.3, 0.4) is 0 Å². The molecule has 3 nitrogen and oxygen atoms in total. The summed E-state index contributed by atoms with van der Waals surface area (Å²) >= 11 is 0. The Bertz CT molecular complexity index is 2460. The van der Waals surface area contributed by atoms with Crippen molar-refractivity contribution in [3.63, 3.8) is 0 Å². The molecule has 234 valence electrons. The van der Waals surface area contributed by atoms with E-state index in [-0.39, 0.29) is 6.71 Å². The summed E-state index contributed by atoms with van der Waals surface area (Å²) in [4.78, 5) is 7.30. The molecule has 2 aliphatic heterocycles. The molecule has 10 rings (SSSR count). The number of benzene rings is 8. The van der Waals surface area contributed by atoms with Crippen molar-refractivity contribution in [2.75, 3.05) is 14.7 Å². The van der Waals surface area contributed by atoms with E-state index in [2.05, 4.69) is 209 Å². The molecule has 4 heteroatoms. The van der Waals surface area contributed by atoms with Crippen LogP contribution < -0.4 is 31.1 Å². The minimum absolute atomic E-state index is 0.0353. The molecule has 0 N–H and O–H groups in total. The van der Waals surface area contributed by atoms with E-state index in [9.17, 15) is 0 Å². The Morgan fingerprint density at radius 3 is 1.50 bits per heavy atom. The third-order valence-corrected chi connectivity index (χ3v) is 10.2. The summed E-state index contributed by atoms with van der Waals surface area (Å²) < 4.78 is 0. The lowest BCUT2D eigenvalue weighted by Gasteiger charge is -2.44. The van der Waals surface area contributed by atoms with Gasteiger partial charge in [-0.15, -0.1) is 0 Å². The molecule has 0 amide bonds. The molecule has 0 aliphatic carbocycles. The summed E-state index contributed by atoms with van der Waals surface area (Å²) in [6.07, 6.45) is 0. The Balaban J connectivity index is 1.29. The fourth-order valence-electron chi connectivity index (χ4n) is 8.14. The van der Waals surface area contributed by atoms with Crippen LogP contribution in [0, 0.1) is 0 Å². The van der Waals surface area contributed by atoms with Crippen LogP contribution in [0.4, 0.5) is 51.2 Å². The highest BCUT2D eigenvalue weighted by molar-refractivity contribution is 7.01.